The van der Waals surface area contributed by atoms with Gasteiger partial charge in [-0.3, -0.25) is 9.59 Å². The molecule has 56 heavy (non-hydrogen) atoms. The minimum absolute atomic E-state index is 0.0639. The molecule has 288 valence electrons. The van der Waals surface area contributed by atoms with Crippen molar-refractivity contribution in [1.29, 1.82) is 0 Å². The van der Waals surface area contributed by atoms with E-state index in [0.29, 0.717) is 53.7 Å². The van der Waals surface area contributed by atoms with Crippen LogP contribution in [0.3, 0.4) is 0 Å². The molecule has 6 aromatic rings. The summed E-state index contributed by atoms with van der Waals surface area (Å²) in [4.78, 5) is 45.4. The molecule has 1 aliphatic rings. The first-order chi connectivity index (χ1) is 27.0. The Morgan fingerprint density at radius 3 is 2.57 bits per heavy atom. The van der Waals surface area contributed by atoms with Crippen molar-refractivity contribution in [2.45, 2.75) is 42.1 Å². The van der Waals surface area contributed by atoms with Gasteiger partial charge in [-0.1, -0.05) is 36.4 Å². The molecule has 0 radical (unpaired) electrons. The van der Waals surface area contributed by atoms with Crippen molar-refractivity contribution in [3.63, 3.8) is 0 Å². The maximum Gasteiger partial charge on any atom is 0.283 e. The van der Waals surface area contributed by atoms with E-state index in [-0.39, 0.29) is 22.5 Å². The van der Waals surface area contributed by atoms with Crippen molar-refractivity contribution in [1.82, 2.24) is 34.2 Å². The van der Waals surface area contributed by atoms with E-state index in [0.717, 1.165) is 29.8 Å². The number of thioether (sulfide) groups is 1. The lowest BCUT2D eigenvalue weighted by Gasteiger charge is -2.31. The van der Waals surface area contributed by atoms with Gasteiger partial charge in [-0.15, -0.1) is 11.8 Å². The number of fused-ring (bicyclic) bond motifs is 2. The lowest BCUT2D eigenvalue weighted by atomic mass is 9.94. The number of pyridine rings is 2. The number of sulfonamides is 1. The number of benzene rings is 2. The van der Waals surface area contributed by atoms with Crippen LogP contribution >= 0.6 is 11.8 Å². The van der Waals surface area contributed by atoms with Crippen LogP contribution in [0.4, 0.5) is 17.5 Å². The number of hydrogen-bond donors (Lipinski definition) is 3. The number of hydrogen-bond acceptors (Lipinski definition) is 12. The average molecular weight is 791 g/mol. The molecule has 0 spiro atoms. The Balaban J connectivity index is 1.01. The summed E-state index contributed by atoms with van der Waals surface area (Å²) in [6.07, 6.45) is 6.04. The van der Waals surface area contributed by atoms with Gasteiger partial charge in [0.15, 0.2) is 11.5 Å². The van der Waals surface area contributed by atoms with Crippen molar-refractivity contribution in [2.24, 2.45) is 0 Å². The molecule has 3 N–H and O–H groups in total. The van der Waals surface area contributed by atoms with Gasteiger partial charge in [0.2, 0.25) is 0 Å². The lowest BCUT2D eigenvalue weighted by molar-refractivity contribution is 0.0975. The van der Waals surface area contributed by atoms with E-state index in [9.17, 15) is 18.0 Å². The van der Waals surface area contributed by atoms with Gasteiger partial charge in [0.25, 0.3) is 21.8 Å². The summed E-state index contributed by atoms with van der Waals surface area (Å²) in [7, 11) is -0.225. The van der Waals surface area contributed by atoms with E-state index in [1.807, 2.05) is 49.3 Å². The van der Waals surface area contributed by atoms with Crippen LogP contribution in [-0.2, 0) is 23.0 Å². The Kier molecular flexibility index (Phi) is 11.6. The van der Waals surface area contributed by atoms with Crippen LogP contribution in [0.25, 0.3) is 5.65 Å². The lowest BCUT2D eigenvalue weighted by Crippen LogP contribution is -2.34. The zero-order valence-corrected chi connectivity index (χ0v) is 32.8. The normalized spacial score (nSPS) is 13.3. The van der Waals surface area contributed by atoms with Gasteiger partial charge in [-0.2, -0.15) is 5.10 Å². The summed E-state index contributed by atoms with van der Waals surface area (Å²) in [5.41, 5.74) is 3.54. The first-order valence-electron chi connectivity index (χ1n) is 18.1. The van der Waals surface area contributed by atoms with Crippen molar-refractivity contribution in [3.8, 4) is 0 Å². The number of rotatable bonds is 14. The number of aromatic nitrogens is 5. The van der Waals surface area contributed by atoms with E-state index in [1.165, 1.54) is 23.2 Å². The zero-order chi connectivity index (χ0) is 39.2. The predicted octanol–water partition coefficient (Wildman–Crippen LogP) is 5.29. The van der Waals surface area contributed by atoms with Gasteiger partial charge in [0.05, 0.1) is 6.20 Å². The number of nitrogens with one attached hydrogen (secondary N) is 3. The molecule has 0 saturated carbocycles. The highest BCUT2D eigenvalue weighted by Gasteiger charge is 2.26. The maximum atomic E-state index is 13.5. The number of imidazole rings is 1. The molecule has 7 rings (SSSR count). The Hall–Kier alpha value is -5.84. The second-order valence-corrected chi connectivity index (χ2v) is 16.5. The van der Waals surface area contributed by atoms with E-state index >= 15 is 0 Å². The molecule has 2 aromatic carbocycles. The number of aryl methyl sites for hydroxylation is 1. The molecule has 14 nitrogen and oxygen atoms in total. The molecular weight excluding hydrogens is 749 g/mol. The topological polar surface area (TPSA) is 167 Å². The van der Waals surface area contributed by atoms with Gasteiger partial charge in [0, 0.05) is 47.7 Å². The number of amides is 2. The van der Waals surface area contributed by atoms with Gasteiger partial charge in [-0.05, 0) is 106 Å². The second kappa shape index (κ2) is 16.9. The summed E-state index contributed by atoms with van der Waals surface area (Å²) in [5, 5.41) is 10.6. The third kappa shape index (κ3) is 9.16. The monoisotopic (exact) mass is 790 g/mol. The zero-order valence-electron chi connectivity index (χ0n) is 31.2. The maximum absolute atomic E-state index is 13.5. The number of carbonyl (C=O) groups is 2. The molecule has 0 unspecified atom stereocenters. The van der Waals surface area contributed by atoms with E-state index in [1.54, 1.807) is 65.9 Å². The van der Waals surface area contributed by atoms with E-state index in [2.05, 4.69) is 52.4 Å². The molecule has 0 aliphatic carbocycles. The second-order valence-electron chi connectivity index (χ2n) is 13.7. The highest BCUT2D eigenvalue weighted by molar-refractivity contribution is 7.99. The van der Waals surface area contributed by atoms with Gasteiger partial charge < -0.3 is 20.4 Å². The molecule has 1 aliphatic heterocycles. The van der Waals surface area contributed by atoms with E-state index < -0.39 is 15.9 Å². The Bertz CT molecular complexity index is 2440. The van der Waals surface area contributed by atoms with Crippen LogP contribution in [0.2, 0.25) is 0 Å². The Morgan fingerprint density at radius 1 is 0.964 bits per heavy atom. The van der Waals surface area contributed by atoms with Crippen molar-refractivity contribution in [2.75, 3.05) is 48.5 Å². The van der Waals surface area contributed by atoms with Crippen LogP contribution in [0.5, 0.6) is 0 Å². The smallest absolute Gasteiger partial charge is 0.283 e. The summed E-state index contributed by atoms with van der Waals surface area (Å²) < 4.78 is 30.7. The minimum atomic E-state index is -4.28. The van der Waals surface area contributed by atoms with Crippen LogP contribution in [0.1, 0.15) is 44.0 Å². The Morgan fingerprint density at radius 2 is 1.79 bits per heavy atom. The molecule has 0 saturated heterocycles. The molecule has 4 aromatic heterocycles. The third-order valence-corrected chi connectivity index (χ3v) is 11.8. The first kappa shape index (κ1) is 38.4. The minimum Gasteiger partial charge on any atom is -0.366 e. The summed E-state index contributed by atoms with van der Waals surface area (Å²) >= 11 is 1.74. The van der Waals surface area contributed by atoms with Gasteiger partial charge >= 0.3 is 0 Å². The number of carbonyl (C=O) groups excluding carboxylic acids is 2. The highest BCUT2D eigenvalue weighted by Crippen LogP contribution is 2.28. The molecule has 1 atom stereocenters. The summed E-state index contributed by atoms with van der Waals surface area (Å²) in [6.45, 7) is 3.59. The van der Waals surface area contributed by atoms with Gasteiger partial charge in [0.1, 0.15) is 22.2 Å². The molecule has 2 amide bonds. The van der Waals surface area contributed by atoms with Crippen LogP contribution in [0.15, 0.2) is 113 Å². The van der Waals surface area contributed by atoms with Crippen LogP contribution in [-0.4, -0.2) is 88.7 Å². The van der Waals surface area contributed by atoms with Gasteiger partial charge in [-0.25, -0.2) is 32.6 Å². The molecule has 5 heterocycles. The van der Waals surface area contributed by atoms with Crippen molar-refractivity contribution >= 4 is 56.7 Å². The SMILES string of the molecule is Cc1cc(S(=O)(=O)NC(=O)c2cccc(N3CCc4cccc(C(=O)Nc5cn6ncccc6n5)c4C3)n2)cnc1N[C@H](CCN(C)C)CSc1ccccc1. The van der Waals surface area contributed by atoms with Crippen LogP contribution in [0, 0.1) is 6.92 Å². The molecule has 0 fully saturated rings. The molecule has 16 heteroatoms. The van der Waals surface area contributed by atoms with Crippen LogP contribution < -0.4 is 20.3 Å². The number of nitrogens with zero attached hydrogens (tertiary/aromatic N) is 7. The first-order valence-corrected chi connectivity index (χ1v) is 20.6. The quantitative estimate of drug-likeness (QED) is 0.122. The molecular formula is C40H42N10O4S2. The van der Waals surface area contributed by atoms with Crippen molar-refractivity contribution < 1.29 is 18.0 Å². The fourth-order valence-electron chi connectivity index (χ4n) is 6.39. The van der Waals surface area contributed by atoms with E-state index in [4.69, 9.17) is 0 Å². The third-order valence-electron chi connectivity index (χ3n) is 9.34. The average Bonchev–Trinajstić information content (AvgIpc) is 3.61. The highest BCUT2D eigenvalue weighted by atomic mass is 32.2. The van der Waals surface area contributed by atoms with Crippen molar-refractivity contribution in [3.05, 3.63) is 131 Å². The summed E-state index contributed by atoms with van der Waals surface area (Å²) in [6, 6.07) is 25.8. The summed E-state index contributed by atoms with van der Waals surface area (Å²) in [5.74, 6) is 1.06. The standard InChI is InChI=1S/C40H42N10O4S2/c1-27-22-31(23-41-38(27)43-29(18-20-48(2)3)26-55-30-11-5-4-6-12-30)56(53,54)47-40(52)34-14-8-15-36(44-34)49-21-17-28-10-7-13-32(33(28)24-49)39(51)46-35-25-50-37(45-35)16-9-19-42-50/h4-16,19,22-23,25,29H,17-18,20-21,24,26H2,1-3H3,(H,41,43)(H,46,51)(H,47,52)/t29-/m1/s1. The molecule has 0 bridgehead atoms. The number of anilines is 3. The predicted molar refractivity (Wildman–Crippen MR) is 218 cm³/mol. The Labute approximate surface area is 329 Å². The largest absolute Gasteiger partial charge is 0.366 e. The fourth-order valence-corrected chi connectivity index (χ4v) is 8.37. The fraction of sp³-hybridized carbons (Fsp3) is 0.250.